The number of hydrogen-bond acceptors (Lipinski definition) is 7. The van der Waals surface area contributed by atoms with Crippen molar-refractivity contribution in [1.29, 1.82) is 0 Å². The number of carbonyl (C=O) groups is 1. The van der Waals surface area contributed by atoms with Gasteiger partial charge in [-0.2, -0.15) is 15.4 Å². The molecule has 1 saturated heterocycles. The van der Waals surface area contributed by atoms with E-state index in [1.165, 1.54) is 6.33 Å². The van der Waals surface area contributed by atoms with Crippen LogP contribution in [0.1, 0.15) is 10.4 Å². The molecule has 0 saturated carbocycles. The molecule has 1 aliphatic rings. The van der Waals surface area contributed by atoms with Gasteiger partial charge in [-0.25, -0.2) is 9.97 Å². The van der Waals surface area contributed by atoms with Crippen molar-refractivity contribution in [3.05, 3.63) is 36.2 Å². The van der Waals surface area contributed by atoms with Crippen molar-refractivity contribution < 1.29 is 4.79 Å². The summed E-state index contributed by atoms with van der Waals surface area (Å²) in [5.74, 6) is 1.06. The van der Waals surface area contributed by atoms with E-state index in [2.05, 4.69) is 47.5 Å². The summed E-state index contributed by atoms with van der Waals surface area (Å²) in [5, 5.41) is 13.3. The van der Waals surface area contributed by atoms with Gasteiger partial charge in [-0.15, -0.1) is 0 Å². The molecular formula is C16H18N8O. The Morgan fingerprint density at radius 3 is 2.72 bits per heavy atom. The van der Waals surface area contributed by atoms with Crippen LogP contribution in [0.2, 0.25) is 0 Å². The smallest absolute Gasteiger partial charge is 0.256 e. The van der Waals surface area contributed by atoms with Crippen molar-refractivity contribution >= 4 is 28.6 Å². The van der Waals surface area contributed by atoms with Crippen LogP contribution in [-0.2, 0) is 0 Å². The third-order valence-electron chi connectivity index (χ3n) is 4.30. The standard InChI is InChI=1S/C16H18N8O/c1-23-4-6-24(7-5-23)15-9-14(17-10-18-15)19-16(25)11-2-3-12-13(8-11)21-22-20-12/h2-3,8-10H,4-7H2,1H3,(H,20,21,22)(H,17,18,19,25). The Bertz CT molecular complexity index is 900. The second kappa shape index (κ2) is 6.44. The number of anilines is 2. The van der Waals surface area contributed by atoms with E-state index in [4.69, 9.17) is 0 Å². The fourth-order valence-corrected chi connectivity index (χ4v) is 2.79. The normalized spacial score (nSPS) is 15.5. The van der Waals surface area contributed by atoms with E-state index in [-0.39, 0.29) is 5.91 Å². The largest absolute Gasteiger partial charge is 0.354 e. The summed E-state index contributed by atoms with van der Waals surface area (Å²) in [6.45, 7) is 3.79. The van der Waals surface area contributed by atoms with E-state index in [9.17, 15) is 4.79 Å². The number of amides is 1. The summed E-state index contributed by atoms with van der Waals surface area (Å²) in [5.41, 5.74) is 1.87. The maximum absolute atomic E-state index is 12.5. The minimum Gasteiger partial charge on any atom is -0.354 e. The lowest BCUT2D eigenvalue weighted by Crippen LogP contribution is -2.44. The van der Waals surface area contributed by atoms with Crippen LogP contribution in [0.5, 0.6) is 0 Å². The molecule has 1 fully saturated rings. The van der Waals surface area contributed by atoms with E-state index >= 15 is 0 Å². The van der Waals surface area contributed by atoms with E-state index < -0.39 is 0 Å². The van der Waals surface area contributed by atoms with E-state index in [0.29, 0.717) is 16.9 Å². The zero-order valence-electron chi connectivity index (χ0n) is 13.8. The number of carbonyl (C=O) groups excluding carboxylic acids is 1. The van der Waals surface area contributed by atoms with Gasteiger partial charge in [0.1, 0.15) is 29.0 Å². The number of rotatable bonds is 3. The van der Waals surface area contributed by atoms with Gasteiger partial charge in [0.2, 0.25) is 0 Å². The lowest BCUT2D eigenvalue weighted by Gasteiger charge is -2.33. The van der Waals surface area contributed by atoms with Crippen molar-refractivity contribution in [2.45, 2.75) is 0 Å². The van der Waals surface area contributed by atoms with Gasteiger partial charge in [0.25, 0.3) is 5.91 Å². The van der Waals surface area contributed by atoms with Crippen LogP contribution in [0.15, 0.2) is 30.6 Å². The summed E-state index contributed by atoms with van der Waals surface area (Å²) in [7, 11) is 2.11. The number of aromatic nitrogens is 5. The van der Waals surface area contributed by atoms with Crippen LogP contribution in [-0.4, -0.2) is 69.4 Å². The molecule has 25 heavy (non-hydrogen) atoms. The molecule has 0 unspecified atom stereocenters. The third kappa shape index (κ3) is 3.26. The van der Waals surface area contributed by atoms with E-state index in [1.807, 2.05) is 0 Å². The molecule has 9 heteroatoms. The monoisotopic (exact) mass is 338 g/mol. The average Bonchev–Trinajstić information content (AvgIpc) is 3.10. The zero-order chi connectivity index (χ0) is 17.2. The molecule has 4 rings (SSSR count). The number of likely N-dealkylation sites (N-methyl/N-ethyl adjacent to an activating group) is 1. The molecule has 0 bridgehead atoms. The van der Waals surface area contributed by atoms with Crippen LogP contribution in [0.3, 0.4) is 0 Å². The molecule has 3 aromatic rings. The van der Waals surface area contributed by atoms with E-state index in [0.717, 1.165) is 37.5 Å². The molecule has 9 nitrogen and oxygen atoms in total. The zero-order valence-corrected chi connectivity index (χ0v) is 13.8. The highest BCUT2D eigenvalue weighted by Gasteiger charge is 2.16. The fourth-order valence-electron chi connectivity index (χ4n) is 2.79. The number of aromatic amines is 1. The van der Waals surface area contributed by atoms with Gasteiger partial charge >= 0.3 is 0 Å². The highest BCUT2D eigenvalue weighted by Crippen LogP contribution is 2.17. The molecule has 0 radical (unpaired) electrons. The fraction of sp³-hybridized carbons (Fsp3) is 0.312. The van der Waals surface area contributed by atoms with Crippen molar-refractivity contribution in [3.8, 4) is 0 Å². The topological polar surface area (TPSA) is 103 Å². The molecule has 0 spiro atoms. The summed E-state index contributed by atoms with van der Waals surface area (Å²) in [6.07, 6.45) is 1.48. The summed E-state index contributed by atoms with van der Waals surface area (Å²) >= 11 is 0. The molecular weight excluding hydrogens is 320 g/mol. The predicted octanol–water partition coefficient (Wildman–Crippen LogP) is 0.752. The predicted molar refractivity (Wildman–Crippen MR) is 93.6 cm³/mol. The molecule has 3 heterocycles. The number of nitrogens with one attached hydrogen (secondary N) is 2. The van der Waals surface area contributed by atoms with Crippen LogP contribution < -0.4 is 10.2 Å². The number of piperazine rings is 1. The highest BCUT2D eigenvalue weighted by atomic mass is 16.1. The van der Waals surface area contributed by atoms with Crippen molar-refractivity contribution in [2.75, 3.05) is 43.4 Å². The Morgan fingerprint density at radius 2 is 1.88 bits per heavy atom. The summed E-state index contributed by atoms with van der Waals surface area (Å²) < 4.78 is 0. The van der Waals surface area contributed by atoms with Crippen LogP contribution in [0, 0.1) is 0 Å². The number of fused-ring (bicyclic) bond motifs is 1. The molecule has 2 N–H and O–H groups in total. The second-order valence-electron chi connectivity index (χ2n) is 6.03. The molecule has 1 aliphatic heterocycles. The quantitative estimate of drug-likeness (QED) is 0.726. The molecule has 0 aliphatic carbocycles. The summed E-state index contributed by atoms with van der Waals surface area (Å²) in [6, 6.07) is 6.96. The molecule has 2 aromatic heterocycles. The Labute approximate surface area is 144 Å². The number of H-pyrrole nitrogens is 1. The van der Waals surface area contributed by atoms with Crippen molar-refractivity contribution in [2.24, 2.45) is 0 Å². The van der Waals surface area contributed by atoms with Crippen LogP contribution >= 0.6 is 0 Å². The molecule has 0 atom stereocenters. The number of benzene rings is 1. The van der Waals surface area contributed by atoms with Gasteiger partial charge in [0.05, 0.1) is 0 Å². The summed E-state index contributed by atoms with van der Waals surface area (Å²) in [4.78, 5) is 25.4. The molecule has 128 valence electrons. The Hall–Kier alpha value is -3.07. The minimum absolute atomic E-state index is 0.243. The SMILES string of the molecule is CN1CCN(c2cc(NC(=O)c3ccc4n[nH]nc4c3)ncn2)CC1. The first-order chi connectivity index (χ1) is 12.2. The van der Waals surface area contributed by atoms with Crippen molar-refractivity contribution in [1.82, 2.24) is 30.3 Å². The lowest BCUT2D eigenvalue weighted by atomic mass is 10.2. The Balaban J connectivity index is 1.50. The van der Waals surface area contributed by atoms with Crippen molar-refractivity contribution in [3.63, 3.8) is 0 Å². The first kappa shape index (κ1) is 15.5. The first-order valence-corrected chi connectivity index (χ1v) is 8.06. The second-order valence-corrected chi connectivity index (χ2v) is 6.03. The Kier molecular flexibility index (Phi) is 3.98. The third-order valence-corrected chi connectivity index (χ3v) is 4.30. The number of hydrogen-bond donors (Lipinski definition) is 2. The van der Waals surface area contributed by atoms with Crippen LogP contribution in [0.4, 0.5) is 11.6 Å². The highest BCUT2D eigenvalue weighted by molar-refractivity contribution is 6.05. The number of nitrogens with zero attached hydrogens (tertiary/aromatic N) is 6. The maximum atomic E-state index is 12.5. The van der Waals surface area contributed by atoms with Crippen LogP contribution in [0.25, 0.3) is 11.0 Å². The van der Waals surface area contributed by atoms with Gasteiger partial charge in [-0.3, -0.25) is 4.79 Å². The molecule has 1 amide bonds. The minimum atomic E-state index is -0.243. The first-order valence-electron chi connectivity index (χ1n) is 8.06. The Morgan fingerprint density at radius 1 is 1.08 bits per heavy atom. The maximum Gasteiger partial charge on any atom is 0.256 e. The molecule has 1 aromatic carbocycles. The lowest BCUT2D eigenvalue weighted by molar-refractivity contribution is 0.102. The van der Waals surface area contributed by atoms with Gasteiger partial charge in [-0.1, -0.05) is 0 Å². The van der Waals surface area contributed by atoms with Gasteiger partial charge < -0.3 is 15.1 Å². The average molecular weight is 338 g/mol. The van der Waals surface area contributed by atoms with E-state index in [1.54, 1.807) is 24.3 Å². The van der Waals surface area contributed by atoms with Gasteiger partial charge in [0, 0.05) is 37.8 Å². The van der Waals surface area contributed by atoms with Gasteiger partial charge in [0.15, 0.2) is 0 Å². The van der Waals surface area contributed by atoms with Gasteiger partial charge in [-0.05, 0) is 25.2 Å².